The highest BCUT2D eigenvalue weighted by Crippen LogP contribution is 2.36. The zero-order valence-corrected chi connectivity index (χ0v) is 18.2. The van der Waals surface area contributed by atoms with Crippen LogP contribution in [0.15, 0.2) is 79.1 Å². The average molecular weight is 435 g/mol. The smallest absolute Gasteiger partial charge is 0.186 e. The number of H-pyrrole nitrogens is 1. The minimum absolute atomic E-state index is 0.0205. The lowest BCUT2D eigenvalue weighted by Crippen LogP contribution is -1.99. The van der Waals surface area contributed by atoms with E-state index in [4.69, 9.17) is 4.74 Å². The molecule has 2 heterocycles. The maximum absolute atomic E-state index is 11.6. The van der Waals surface area contributed by atoms with Crippen molar-refractivity contribution in [2.24, 2.45) is 0 Å². The maximum atomic E-state index is 11.6. The minimum atomic E-state index is 0.0205. The number of fused-ring (bicyclic) bond motifs is 1. The number of aromatic nitrogens is 4. The second-order valence-electron chi connectivity index (χ2n) is 7.56. The highest BCUT2D eigenvalue weighted by Gasteiger charge is 2.16. The number of carbonyl (C=O) groups is 1. The number of ketones is 1. The minimum Gasteiger partial charge on any atom is -0.495 e. The number of Topliss-reactive ketones (excluding diaryl/α,β-unsaturated/α-hetero) is 1. The molecule has 3 aromatic carbocycles. The third-order valence-corrected chi connectivity index (χ3v) is 5.49. The Labute approximate surface area is 190 Å². The van der Waals surface area contributed by atoms with Crippen molar-refractivity contribution in [2.75, 3.05) is 12.4 Å². The SMILES string of the molecule is COc1ccc(-c2ccccc2)cc1Nc1ncnc2n[nH]c(-c3ccc(C(C)=O)cc3)c12. The topological polar surface area (TPSA) is 92.8 Å². The molecule has 0 amide bonds. The van der Waals surface area contributed by atoms with Gasteiger partial charge >= 0.3 is 0 Å². The van der Waals surface area contributed by atoms with Gasteiger partial charge in [0.15, 0.2) is 11.4 Å². The van der Waals surface area contributed by atoms with E-state index in [1.807, 2.05) is 48.5 Å². The number of hydrogen-bond acceptors (Lipinski definition) is 6. The molecule has 7 heteroatoms. The first-order chi connectivity index (χ1) is 16.1. The van der Waals surface area contributed by atoms with Crippen LogP contribution in [0.1, 0.15) is 17.3 Å². The molecule has 0 aliphatic carbocycles. The van der Waals surface area contributed by atoms with Gasteiger partial charge in [-0.1, -0.05) is 60.7 Å². The summed E-state index contributed by atoms with van der Waals surface area (Å²) in [5.41, 5.74) is 5.77. The van der Waals surface area contributed by atoms with Crippen molar-refractivity contribution < 1.29 is 9.53 Å². The van der Waals surface area contributed by atoms with Crippen LogP contribution in [0.3, 0.4) is 0 Å². The number of ether oxygens (including phenoxy) is 1. The molecule has 0 spiro atoms. The number of hydrogen-bond donors (Lipinski definition) is 2. The van der Waals surface area contributed by atoms with E-state index >= 15 is 0 Å². The van der Waals surface area contributed by atoms with Gasteiger partial charge in [0.1, 0.15) is 17.9 Å². The average Bonchev–Trinajstić information content (AvgIpc) is 3.30. The first-order valence-corrected chi connectivity index (χ1v) is 10.4. The van der Waals surface area contributed by atoms with Gasteiger partial charge in [0.25, 0.3) is 0 Å². The van der Waals surface area contributed by atoms with Crippen LogP contribution in [0.5, 0.6) is 5.75 Å². The fourth-order valence-electron chi connectivity index (χ4n) is 3.77. The van der Waals surface area contributed by atoms with E-state index in [1.54, 1.807) is 26.2 Å². The van der Waals surface area contributed by atoms with Crippen molar-refractivity contribution in [1.82, 2.24) is 20.2 Å². The number of carbonyl (C=O) groups excluding carboxylic acids is 1. The highest BCUT2D eigenvalue weighted by atomic mass is 16.5. The fraction of sp³-hybridized carbons (Fsp3) is 0.0769. The Morgan fingerprint density at radius 3 is 2.39 bits per heavy atom. The summed E-state index contributed by atoms with van der Waals surface area (Å²) >= 11 is 0. The standard InChI is InChI=1S/C26H21N5O2/c1-16(32)17-8-10-19(11-9-17)24-23-25(27-15-28-26(23)31-30-24)29-21-14-20(12-13-22(21)33-2)18-6-4-3-5-7-18/h3-15H,1-2H3,(H2,27,28,29,30,31). The largest absolute Gasteiger partial charge is 0.495 e. The zero-order valence-electron chi connectivity index (χ0n) is 18.2. The molecule has 5 rings (SSSR count). The van der Waals surface area contributed by atoms with Crippen LogP contribution in [-0.2, 0) is 0 Å². The Kier molecular flexibility index (Phi) is 5.28. The molecule has 0 atom stereocenters. The third-order valence-electron chi connectivity index (χ3n) is 5.49. The van der Waals surface area contributed by atoms with Crippen LogP contribution in [0.4, 0.5) is 11.5 Å². The molecule has 2 aromatic heterocycles. The molecule has 0 aliphatic heterocycles. The van der Waals surface area contributed by atoms with Gasteiger partial charge < -0.3 is 10.1 Å². The Balaban J connectivity index is 1.59. The molecular formula is C26H21N5O2. The Morgan fingerprint density at radius 1 is 0.909 bits per heavy atom. The van der Waals surface area contributed by atoms with E-state index in [0.717, 1.165) is 33.5 Å². The van der Waals surface area contributed by atoms with Crippen molar-refractivity contribution >= 4 is 28.3 Å². The quantitative estimate of drug-likeness (QED) is 0.335. The summed E-state index contributed by atoms with van der Waals surface area (Å²) in [7, 11) is 1.64. The number of aromatic amines is 1. The van der Waals surface area contributed by atoms with Gasteiger partial charge in [-0.25, -0.2) is 9.97 Å². The Hall–Kier alpha value is -4.52. The van der Waals surface area contributed by atoms with E-state index in [9.17, 15) is 4.79 Å². The van der Waals surface area contributed by atoms with Crippen molar-refractivity contribution in [1.29, 1.82) is 0 Å². The summed E-state index contributed by atoms with van der Waals surface area (Å²) in [5, 5.41) is 11.6. The van der Waals surface area contributed by atoms with Crippen LogP contribution < -0.4 is 10.1 Å². The molecule has 0 saturated heterocycles. The normalized spacial score (nSPS) is 10.8. The number of benzene rings is 3. The predicted molar refractivity (Wildman–Crippen MR) is 129 cm³/mol. The molecular weight excluding hydrogens is 414 g/mol. The molecule has 0 unspecified atom stereocenters. The summed E-state index contributed by atoms with van der Waals surface area (Å²) in [4.78, 5) is 20.4. The van der Waals surface area contributed by atoms with E-state index in [-0.39, 0.29) is 5.78 Å². The van der Waals surface area contributed by atoms with Gasteiger partial charge in [-0.15, -0.1) is 0 Å². The third kappa shape index (κ3) is 3.92. The molecule has 7 nitrogen and oxygen atoms in total. The molecule has 2 N–H and O–H groups in total. The van der Waals surface area contributed by atoms with Crippen molar-refractivity contribution in [3.05, 3.63) is 84.7 Å². The van der Waals surface area contributed by atoms with Gasteiger partial charge in [0.05, 0.1) is 23.9 Å². The van der Waals surface area contributed by atoms with E-state index in [1.165, 1.54) is 6.33 Å². The van der Waals surface area contributed by atoms with Gasteiger partial charge in [-0.05, 0) is 30.2 Å². The lowest BCUT2D eigenvalue weighted by atomic mass is 10.0. The second-order valence-corrected chi connectivity index (χ2v) is 7.56. The molecule has 0 radical (unpaired) electrons. The van der Waals surface area contributed by atoms with Gasteiger partial charge in [-0.2, -0.15) is 5.10 Å². The summed E-state index contributed by atoms with van der Waals surface area (Å²) in [6.45, 7) is 1.55. The Morgan fingerprint density at radius 2 is 1.67 bits per heavy atom. The first-order valence-electron chi connectivity index (χ1n) is 10.4. The van der Waals surface area contributed by atoms with Gasteiger partial charge in [0.2, 0.25) is 0 Å². The summed E-state index contributed by atoms with van der Waals surface area (Å²) in [5.74, 6) is 1.31. The van der Waals surface area contributed by atoms with Crippen LogP contribution in [0.25, 0.3) is 33.4 Å². The number of nitrogens with zero attached hydrogens (tertiary/aromatic N) is 3. The van der Waals surface area contributed by atoms with Crippen molar-refractivity contribution in [2.45, 2.75) is 6.92 Å². The molecule has 162 valence electrons. The number of rotatable bonds is 6. The van der Waals surface area contributed by atoms with Crippen LogP contribution in [-0.4, -0.2) is 33.1 Å². The van der Waals surface area contributed by atoms with Crippen molar-refractivity contribution in [3.8, 4) is 28.1 Å². The predicted octanol–water partition coefficient (Wildman–Crippen LogP) is 5.64. The molecule has 0 bridgehead atoms. The molecule has 0 aliphatic rings. The number of methoxy groups -OCH3 is 1. The second kappa shape index (κ2) is 8.55. The zero-order chi connectivity index (χ0) is 22.8. The maximum Gasteiger partial charge on any atom is 0.186 e. The van der Waals surface area contributed by atoms with Crippen LogP contribution >= 0.6 is 0 Å². The number of nitrogens with one attached hydrogen (secondary N) is 2. The van der Waals surface area contributed by atoms with Crippen LogP contribution in [0.2, 0.25) is 0 Å². The van der Waals surface area contributed by atoms with Gasteiger partial charge in [-0.3, -0.25) is 9.89 Å². The number of anilines is 2. The molecule has 33 heavy (non-hydrogen) atoms. The lowest BCUT2D eigenvalue weighted by molar-refractivity contribution is 0.101. The monoisotopic (exact) mass is 435 g/mol. The van der Waals surface area contributed by atoms with E-state index in [0.29, 0.717) is 22.8 Å². The van der Waals surface area contributed by atoms with Gasteiger partial charge in [0, 0.05) is 11.1 Å². The summed E-state index contributed by atoms with van der Waals surface area (Å²) in [6, 6.07) is 23.5. The lowest BCUT2D eigenvalue weighted by Gasteiger charge is -2.13. The molecule has 0 saturated carbocycles. The fourth-order valence-corrected chi connectivity index (χ4v) is 3.77. The Bertz CT molecular complexity index is 1440. The first kappa shape index (κ1) is 20.4. The molecule has 5 aromatic rings. The molecule has 0 fully saturated rings. The van der Waals surface area contributed by atoms with E-state index < -0.39 is 0 Å². The van der Waals surface area contributed by atoms with Crippen LogP contribution in [0, 0.1) is 0 Å². The summed E-state index contributed by atoms with van der Waals surface area (Å²) < 4.78 is 5.59. The van der Waals surface area contributed by atoms with Crippen molar-refractivity contribution in [3.63, 3.8) is 0 Å². The van der Waals surface area contributed by atoms with E-state index in [2.05, 4.69) is 37.6 Å². The highest BCUT2D eigenvalue weighted by molar-refractivity contribution is 6.01. The summed E-state index contributed by atoms with van der Waals surface area (Å²) in [6.07, 6.45) is 1.47.